The van der Waals surface area contributed by atoms with Gasteiger partial charge in [0.05, 0.1) is 11.5 Å². The Labute approximate surface area is 120 Å². The molecular weight excluding hydrogens is 304 g/mol. The molecule has 0 aromatic heterocycles. The van der Waals surface area contributed by atoms with Gasteiger partial charge in [-0.15, -0.1) is 0 Å². The number of nitrogens with zero attached hydrogens (tertiary/aromatic N) is 1. The third kappa shape index (κ3) is 5.00. The smallest absolute Gasteiger partial charge is 0.329 e. The van der Waals surface area contributed by atoms with Gasteiger partial charge in [-0.05, 0) is 12.1 Å². The van der Waals surface area contributed by atoms with Gasteiger partial charge in [0, 0.05) is 12.8 Å². The van der Waals surface area contributed by atoms with Gasteiger partial charge in [0.25, 0.3) is 0 Å². The zero-order valence-corrected chi connectivity index (χ0v) is 11.9. The van der Waals surface area contributed by atoms with Crippen molar-refractivity contribution in [3.05, 3.63) is 28.3 Å². The fourth-order valence-corrected chi connectivity index (χ4v) is 2.43. The lowest BCUT2D eigenvalue weighted by Crippen LogP contribution is -2.15. The monoisotopic (exact) mass is 318 g/mol. The fraction of sp³-hybridized carbons (Fsp3) is 0.364. The maximum atomic E-state index is 11.5. The summed E-state index contributed by atoms with van der Waals surface area (Å²) in [6.45, 7) is -0.374. The highest BCUT2D eigenvalue weighted by molar-refractivity contribution is 7.90. The first kappa shape index (κ1) is 16.9. The topological polar surface area (TPSA) is 136 Å². The molecule has 21 heavy (non-hydrogen) atoms. The number of rotatable bonds is 8. The first-order chi connectivity index (χ1) is 9.73. The number of aliphatic carboxylic acids is 1. The van der Waals surface area contributed by atoms with Crippen molar-refractivity contribution < 1.29 is 28.0 Å². The molecule has 1 rings (SSSR count). The number of nitro groups is 1. The van der Waals surface area contributed by atoms with Crippen LogP contribution in [0.25, 0.3) is 0 Å². The minimum absolute atomic E-state index is 0.00650. The third-order valence-corrected chi connectivity index (χ3v) is 3.50. The predicted molar refractivity (Wildman–Crippen MR) is 73.2 cm³/mol. The van der Waals surface area contributed by atoms with E-state index in [1.54, 1.807) is 0 Å². The molecule has 1 aromatic carbocycles. The van der Waals surface area contributed by atoms with Crippen LogP contribution in [0.4, 0.5) is 11.4 Å². The second-order valence-corrected chi connectivity index (χ2v) is 6.04. The lowest BCUT2D eigenvalue weighted by Gasteiger charge is -2.09. The Kier molecular flexibility index (Phi) is 5.61. The molecule has 0 spiro atoms. The van der Waals surface area contributed by atoms with Crippen LogP contribution in [0.3, 0.4) is 0 Å². The Balaban J connectivity index is 2.88. The van der Waals surface area contributed by atoms with Crippen molar-refractivity contribution in [2.75, 3.05) is 31.3 Å². The number of hydrogen-bond donors (Lipinski definition) is 2. The standard InChI is InChI=1S/C11H14N2O7S/c1-21(18,19)9-4-2-3-8(11(9)13(16)17)12-5-6-20-7-10(14)15/h2-4,12H,5-7H2,1H3,(H,14,15). The second-order valence-electron chi connectivity index (χ2n) is 4.05. The number of nitro benzene ring substituents is 1. The van der Waals surface area contributed by atoms with Gasteiger partial charge in [-0.2, -0.15) is 0 Å². The first-order valence-corrected chi connectivity index (χ1v) is 7.63. The summed E-state index contributed by atoms with van der Waals surface area (Å²) in [6.07, 6.45) is 0.884. The maximum absolute atomic E-state index is 11.5. The molecule has 9 nitrogen and oxygen atoms in total. The van der Waals surface area contributed by atoms with Crippen molar-refractivity contribution >= 4 is 27.2 Å². The number of carboxylic acid groups (broad SMARTS) is 1. The number of carboxylic acids is 1. The van der Waals surface area contributed by atoms with E-state index in [0.29, 0.717) is 0 Å². The van der Waals surface area contributed by atoms with Gasteiger partial charge in [0.15, 0.2) is 9.84 Å². The first-order valence-electron chi connectivity index (χ1n) is 5.74. The van der Waals surface area contributed by atoms with Gasteiger partial charge in [-0.25, -0.2) is 13.2 Å². The minimum Gasteiger partial charge on any atom is -0.480 e. The number of sulfone groups is 1. The molecule has 0 heterocycles. The third-order valence-electron chi connectivity index (χ3n) is 2.37. The van der Waals surface area contributed by atoms with Gasteiger partial charge >= 0.3 is 11.7 Å². The van der Waals surface area contributed by atoms with E-state index in [-0.39, 0.29) is 23.7 Å². The zero-order valence-electron chi connectivity index (χ0n) is 11.1. The highest BCUT2D eigenvalue weighted by atomic mass is 32.2. The van der Waals surface area contributed by atoms with Crippen molar-refractivity contribution in [2.45, 2.75) is 4.90 Å². The average molecular weight is 318 g/mol. The van der Waals surface area contributed by atoms with Crippen molar-refractivity contribution in [1.29, 1.82) is 0 Å². The molecule has 0 aliphatic rings. The Hall–Kier alpha value is -2.20. The number of para-hydroxylation sites is 1. The highest BCUT2D eigenvalue weighted by Gasteiger charge is 2.25. The van der Waals surface area contributed by atoms with E-state index in [1.807, 2.05) is 0 Å². The molecule has 0 unspecified atom stereocenters. The Morgan fingerprint density at radius 2 is 2.14 bits per heavy atom. The Morgan fingerprint density at radius 1 is 1.48 bits per heavy atom. The van der Waals surface area contributed by atoms with Crippen LogP contribution >= 0.6 is 0 Å². The van der Waals surface area contributed by atoms with Crippen LogP contribution in [0.5, 0.6) is 0 Å². The largest absolute Gasteiger partial charge is 0.480 e. The van der Waals surface area contributed by atoms with Crippen LogP contribution in [0.1, 0.15) is 0 Å². The van der Waals surface area contributed by atoms with Crippen LogP contribution in [0.15, 0.2) is 23.1 Å². The number of ether oxygens (including phenoxy) is 1. The molecule has 0 atom stereocenters. The van der Waals surface area contributed by atoms with Crippen LogP contribution < -0.4 is 5.32 Å². The van der Waals surface area contributed by atoms with Gasteiger partial charge in [0.2, 0.25) is 0 Å². The summed E-state index contributed by atoms with van der Waals surface area (Å²) < 4.78 is 27.8. The Morgan fingerprint density at radius 3 is 2.67 bits per heavy atom. The molecule has 10 heteroatoms. The van der Waals surface area contributed by atoms with E-state index in [0.717, 1.165) is 12.3 Å². The molecule has 0 aliphatic carbocycles. The van der Waals surface area contributed by atoms with Crippen molar-refractivity contribution in [1.82, 2.24) is 0 Å². The molecule has 0 saturated carbocycles. The number of anilines is 1. The molecule has 0 amide bonds. The summed E-state index contributed by atoms with van der Waals surface area (Å²) in [5.74, 6) is -1.12. The van der Waals surface area contributed by atoms with E-state index < -0.39 is 33.0 Å². The summed E-state index contributed by atoms with van der Waals surface area (Å²) in [6, 6.07) is 3.90. The van der Waals surface area contributed by atoms with Gasteiger partial charge < -0.3 is 15.2 Å². The number of nitrogens with one attached hydrogen (secondary N) is 1. The van der Waals surface area contributed by atoms with Crippen LogP contribution in [0.2, 0.25) is 0 Å². The molecule has 116 valence electrons. The van der Waals surface area contributed by atoms with Crippen molar-refractivity contribution in [2.24, 2.45) is 0 Å². The Bertz CT molecular complexity index is 642. The number of hydrogen-bond acceptors (Lipinski definition) is 7. The highest BCUT2D eigenvalue weighted by Crippen LogP contribution is 2.31. The summed E-state index contributed by atoms with van der Waals surface area (Å²) in [5.41, 5.74) is -0.514. The van der Waals surface area contributed by atoms with E-state index in [9.17, 15) is 23.3 Å². The molecule has 0 fully saturated rings. The molecule has 0 bridgehead atoms. The van der Waals surface area contributed by atoms with Gasteiger partial charge in [0.1, 0.15) is 17.2 Å². The summed E-state index contributed by atoms with van der Waals surface area (Å²) in [4.78, 5) is 20.1. The SMILES string of the molecule is CS(=O)(=O)c1cccc(NCCOCC(=O)O)c1[N+](=O)[O-]. The van der Waals surface area contributed by atoms with Crippen LogP contribution in [-0.2, 0) is 19.4 Å². The van der Waals surface area contributed by atoms with Gasteiger partial charge in [-0.3, -0.25) is 10.1 Å². The zero-order chi connectivity index (χ0) is 16.0. The van der Waals surface area contributed by atoms with E-state index in [2.05, 4.69) is 5.32 Å². The minimum atomic E-state index is -3.74. The quantitative estimate of drug-likeness (QED) is 0.402. The molecule has 0 aliphatic heterocycles. The van der Waals surface area contributed by atoms with Crippen LogP contribution in [-0.4, -0.2) is 50.4 Å². The second kappa shape index (κ2) is 6.99. The lowest BCUT2D eigenvalue weighted by molar-refractivity contribution is -0.386. The van der Waals surface area contributed by atoms with E-state index in [4.69, 9.17) is 9.84 Å². The summed E-state index contributed by atoms with van der Waals surface area (Å²) >= 11 is 0. The van der Waals surface area contributed by atoms with Crippen LogP contribution in [0, 0.1) is 10.1 Å². The molecule has 0 saturated heterocycles. The lowest BCUT2D eigenvalue weighted by atomic mass is 10.2. The summed E-state index contributed by atoms with van der Waals surface area (Å²) in [7, 11) is -3.74. The number of carbonyl (C=O) groups is 1. The van der Waals surface area contributed by atoms with Crippen molar-refractivity contribution in [3.8, 4) is 0 Å². The molecule has 0 radical (unpaired) electrons. The molecule has 2 N–H and O–H groups in total. The van der Waals surface area contributed by atoms with E-state index >= 15 is 0 Å². The molecular formula is C11H14N2O7S. The number of benzene rings is 1. The van der Waals surface area contributed by atoms with Gasteiger partial charge in [-0.1, -0.05) is 6.07 Å². The fourth-order valence-electron chi connectivity index (χ4n) is 1.57. The van der Waals surface area contributed by atoms with Crippen molar-refractivity contribution in [3.63, 3.8) is 0 Å². The maximum Gasteiger partial charge on any atom is 0.329 e. The predicted octanol–water partition coefficient (Wildman–Crippen LogP) is 0.511. The molecule has 1 aromatic rings. The normalized spacial score (nSPS) is 11.1. The summed E-state index contributed by atoms with van der Waals surface area (Å²) in [5, 5.41) is 22.1. The van der Waals surface area contributed by atoms with E-state index in [1.165, 1.54) is 12.1 Å². The average Bonchev–Trinajstić information content (AvgIpc) is 2.36.